The molecule has 3 N–H and O–H groups in total. The molecule has 1 heterocycles. The zero-order valence-electron chi connectivity index (χ0n) is 17.7. The number of carboxylic acid groups (broad SMARTS) is 1. The molecule has 5 atom stereocenters. The molecule has 8 nitrogen and oxygen atoms in total. The lowest BCUT2D eigenvalue weighted by Crippen LogP contribution is -2.68. The summed E-state index contributed by atoms with van der Waals surface area (Å²) in [6.07, 6.45) is -2.82. The molecule has 0 aliphatic heterocycles. The summed E-state index contributed by atoms with van der Waals surface area (Å²) in [6.45, 7) is 2.20. The molecule has 11 heteroatoms. The van der Waals surface area contributed by atoms with Gasteiger partial charge in [-0.1, -0.05) is 13.8 Å². The van der Waals surface area contributed by atoms with Crippen molar-refractivity contribution in [2.24, 2.45) is 23.2 Å². The first-order valence-electron chi connectivity index (χ1n) is 10.3. The highest BCUT2D eigenvalue weighted by atomic mass is 19.4. The lowest BCUT2D eigenvalue weighted by molar-refractivity contribution is -0.247. The van der Waals surface area contributed by atoms with Crippen LogP contribution in [0.5, 0.6) is 0 Å². The monoisotopic (exact) mass is 457 g/mol. The van der Waals surface area contributed by atoms with E-state index >= 15 is 0 Å². The summed E-state index contributed by atoms with van der Waals surface area (Å²) in [5.41, 5.74) is -4.63. The molecule has 1 aromatic rings. The van der Waals surface area contributed by atoms with E-state index in [1.165, 1.54) is 18.3 Å². The standard InChI is InChI=1S/C21H26F3N3O5/c1-12-6-13-7-14(9-19(2,8-13)21(22,23)24)20(12,18(31)32)26-16(29)10-27-5-3-4-15(17(27)30)25-11-28/h3-5,11-14H,6-10H2,1-2H3,(H,25,28)(H,26,29)(H,31,32). The van der Waals surface area contributed by atoms with Gasteiger partial charge >= 0.3 is 12.1 Å². The van der Waals surface area contributed by atoms with Crippen molar-refractivity contribution in [3.63, 3.8) is 0 Å². The van der Waals surface area contributed by atoms with Gasteiger partial charge in [0.25, 0.3) is 5.56 Å². The number of pyridine rings is 1. The fourth-order valence-corrected chi connectivity index (χ4v) is 5.60. The second-order valence-electron chi connectivity index (χ2n) is 9.24. The van der Waals surface area contributed by atoms with Gasteiger partial charge in [0.05, 0.1) is 5.41 Å². The third-order valence-corrected chi connectivity index (χ3v) is 7.10. The van der Waals surface area contributed by atoms with E-state index in [0.717, 1.165) is 11.5 Å². The summed E-state index contributed by atoms with van der Waals surface area (Å²) in [5.74, 6) is -3.96. The largest absolute Gasteiger partial charge is 0.479 e. The van der Waals surface area contributed by atoms with Crippen molar-refractivity contribution in [3.05, 3.63) is 28.7 Å². The first-order chi connectivity index (χ1) is 14.8. The Bertz CT molecular complexity index is 976. The van der Waals surface area contributed by atoms with Gasteiger partial charge in [0.1, 0.15) is 17.8 Å². The fraction of sp³-hybridized carbons (Fsp3) is 0.619. The van der Waals surface area contributed by atoms with E-state index in [0.29, 0.717) is 6.41 Å². The quantitative estimate of drug-likeness (QED) is 0.567. The number of halogens is 3. The van der Waals surface area contributed by atoms with Crippen LogP contribution >= 0.6 is 0 Å². The molecular formula is C21H26F3N3O5. The minimum Gasteiger partial charge on any atom is -0.479 e. The number of aliphatic carboxylic acids is 1. The van der Waals surface area contributed by atoms with Gasteiger partial charge in [-0.15, -0.1) is 0 Å². The summed E-state index contributed by atoms with van der Waals surface area (Å²) < 4.78 is 42.3. The SMILES string of the molecule is CC1CC2CC(CC(C)(C(F)(F)F)C2)C1(NC(=O)Cn1cccc(NC=O)c1=O)C(=O)O. The molecule has 176 valence electrons. The van der Waals surface area contributed by atoms with Gasteiger partial charge in [0.2, 0.25) is 12.3 Å². The number of carbonyl (C=O) groups is 3. The number of nitrogens with zero attached hydrogens (tertiary/aromatic N) is 1. The zero-order valence-corrected chi connectivity index (χ0v) is 17.7. The summed E-state index contributed by atoms with van der Waals surface area (Å²) in [7, 11) is 0. The van der Waals surface area contributed by atoms with Crippen molar-refractivity contribution in [1.29, 1.82) is 0 Å². The van der Waals surface area contributed by atoms with Crippen LogP contribution in [-0.4, -0.2) is 39.7 Å². The highest BCUT2D eigenvalue weighted by Gasteiger charge is 2.64. The first-order valence-corrected chi connectivity index (χ1v) is 10.3. The highest BCUT2D eigenvalue weighted by molar-refractivity contribution is 5.88. The van der Waals surface area contributed by atoms with Crippen molar-refractivity contribution < 1.29 is 32.7 Å². The number of anilines is 1. The van der Waals surface area contributed by atoms with Gasteiger partial charge in [0, 0.05) is 6.20 Å². The normalized spacial score (nSPS) is 32.1. The van der Waals surface area contributed by atoms with Crippen molar-refractivity contribution in [2.75, 3.05) is 5.32 Å². The molecule has 0 aromatic carbocycles. The predicted octanol–water partition coefficient (Wildman–Crippen LogP) is 2.38. The van der Waals surface area contributed by atoms with Crippen LogP contribution in [0.1, 0.15) is 39.5 Å². The Morgan fingerprint density at radius 2 is 2.00 bits per heavy atom. The summed E-state index contributed by atoms with van der Waals surface area (Å²) in [4.78, 5) is 48.2. The van der Waals surface area contributed by atoms with Gasteiger partial charge < -0.3 is 20.3 Å². The number of hydrogen-bond acceptors (Lipinski definition) is 4. The molecule has 2 aliphatic carbocycles. The second-order valence-corrected chi connectivity index (χ2v) is 9.24. The van der Waals surface area contributed by atoms with Gasteiger partial charge in [-0.3, -0.25) is 14.4 Å². The summed E-state index contributed by atoms with van der Waals surface area (Å²) in [5, 5.41) is 14.8. The number of amides is 2. The number of nitrogens with one attached hydrogen (secondary N) is 2. The first kappa shape index (κ1) is 23.8. The Hall–Kier alpha value is -2.85. The third kappa shape index (κ3) is 4.00. The molecular weight excluding hydrogens is 431 g/mol. The molecule has 2 bridgehead atoms. The number of aromatic nitrogens is 1. The maximum atomic E-state index is 13.8. The van der Waals surface area contributed by atoms with E-state index in [1.807, 2.05) is 0 Å². The maximum Gasteiger partial charge on any atom is 0.394 e. The zero-order chi connectivity index (χ0) is 23.9. The predicted molar refractivity (Wildman–Crippen MR) is 108 cm³/mol. The van der Waals surface area contributed by atoms with Crippen LogP contribution in [0.3, 0.4) is 0 Å². The number of hydrogen-bond donors (Lipinski definition) is 3. The number of alkyl halides is 3. The Morgan fingerprint density at radius 3 is 2.59 bits per heavy atom. The molecule has 32 heavy (non-hydrogen) atoms. The maximum absolute atomic E-state index is 13.8. The molecule has 2 amide bonds. The van der Waals surface area contributed by atoms with Crippen LogP contribution in [0.15, 0.2) is 23.1 Å². The van der Waals surface area contributed by atoms with Crippen LogP contribution in [0.4, 0.5) is 18.9 Å². The summed E-state index contributed by atoms with van der Waals surface area (Å²) >= 11 is 0. The topological polar surface area (TPSA) is 118 Å². The molecule has 5 unspecified atom stereocenters. The molecule has 2 saturated carbocycles. The smallest absolute Gasteiger partial charge is 0.394 e. The number of rotatable bonds is 6. The minimum absolute atomic E-state index is 0.0626. The van der Waals surface area contributed by atoms with Gasteiger partial charge in [0.15, 0.2) is 0 Å². The van der Waals surface area contributed by atoms with E-state index < -0.39 is 59.4 Å². The van der Waals surface area contributed by atoms with Crippen molar-refractivity contribution >= 4 is 24.0 Å². The van der Waals surface area contributed by atoms with E-state index in [4.69, 9.17) is 0 Å². The second kappa shape index (κ2) is 8.25. The van der Waals surface area contributed by atoms with Crippen molar-refractivity contribution in [3.8, 4) is 0 Å². The van der Waals surface area contributed by atoms with E-state index in [9.17, 15) is 37.5 Å². The Labute approximate surface area is 182 Å². The fourth-order valence-electron chi connectivity index (χ4n) is 5.60. The van der Waals surface area contributed by atoms with Crippen LogP contribution in [0.25, 0.3) is 0 Å². The molecule has 3 rings (SSSR count). The van der Waals surface area contributed by atoms with Crippen molar-refractivity contribution in [2.45, 2.75) is 57.8 Å². The number of fused-ring (bicyclic) bond motifs is 2. The summed E-state index contributed by atoms with van der Waals surface area (Å²) in [6, 6.07) is 2.77. The van der Waals surface area contributed by atoms with Gasteiger partial charge in [-0.25, -0.2) is 4.79 Å². The Kier molecular flexibility index (Phi) is 6.14. The lowest BCUT2D eigenvalue weighted by Gasteiger charge is -2.55. The van der Waals surface area contributed by atoms with Crippen LogP contribution in [0, 0.1) is 23.2 Å². The molecule has 0 saturated heterocycles. The molecule has 2 aliphatic rings. The molecule has 0 radical (unpaired) electrons. The lowest BCUT2D eigenvalue weighted by atomic mass is 9.52. The molecule has 2 fully saturated rings. The third-order valence-electron chi connectivity index (χ3n) is 7.10. The van der Waals surface area contributed by atoms with Crippen LogP contribution < -0.4 is 16.2 Å². The van der Waals surface area contributed by atoms with Crippen LogP contribution in [0.2, 0.25) is 0 Å². The van der Waals surface area contributed by atoms with E-state index in [2.05, 4.69) is 10.6 Å². The van der Waals surface area contributed by atoms with Crippen molar-refractivity contribution in [1.82, 2.24) is 9.88 Å². The van der Waals surface area contributed by atoms with Gasteiger partial charge in [-0.05, 0) is 55.6 Å². The van der Waals surface area contributed by atoms with E-state index in [1.54, 1.807) is 6.92 Å². The Balaban J connectivity index is 1.90. The average Bonchev–Trinajstić information content (AvgIpc) is 2.67. The van der Waals surface area contributed by atoms with Crippen LogP contribution in [-0.2, 0) is 20.9 Å². The van der Waals surface area contributed by atoms with E-state index in [-0.39, 0.29) is 30.9 Å². The highest BCUT2D eigenvalue weighted by Crippen LogP contribution is 2.59. The van der Waals surface area contributed by atoms with Gasteiger partial charge in [-0.2, -0.15) is 13.2 Å². The number of carbonyl (C=O) groups excluding carboxylic acids is 2. The average molecular weight is 457 g/mol. The minimum atomic E-state index is -4.49. The Morgan fingerprint density at radius 1 is 1.31 bits per heavy atom. The molecule has 0 spiro atoms. The number of carboxylic acids is 1. The molecule has 1 aromatic heterocycles.